The minimum Gasteiger partial charge on any atom is -0.478 e. The first kappa shape index (κ1) is 14.8. The van der Waals surface area contributed by atoms with Crippen molar-refractivity contribution in [1.29, 1.82) is 0 Å². The number of imidazole rings is 1. The highest BCUT2D eigenvalue weighted by molar-refractivity contribution is 5.87. The molecule has 0 amide bonds. The van der Waals surface area contributed by atoms with E-state index in [1.807, 2.05) is 29.8 Å². The monoisotopic (exact) mass is 289 g/mol. The Balaban J connectivity index is 2.32. The van der Waals surface area contributed by atoms with Crippen LogP contribution < -0.4 is 4.90 Å². The largest absolute Gasteiger partial charge is 0.478 e. The van der Waals surface area contributed by atoms with Gasteiger partial charge < -0.3 is 14.6 Å². The highest BCUT2D eigenvalue weighted by Crippen LogP contribution is 2.24. The fraction of sp³-hybridized carbons (Fsp3) is 0.200. The van der Waals surface area contributed by atoms with Crippen molar-refractivity contribution in [3.63, 3.8) is 0 Å². The van der Waals surface area contributed by atoms with Crippen LogP contribution >= 0.6 is 0 Å². The van der Waals surface area contributed by atoms with Gasteiger partial charge in [-0.05, 0) is 18.2 Å². The first-order chi connectivity index (χ1) is 9.99. The summed E-state index contributed by atoms with van der Waals surface area (Å²) in [5.41, 5.74) is 0.854. The number of carbonyl (C=O) groups is 1. The van der Waals surface area contributed by atoms with Crippen LogP contribution in [0.5, 0.6) is 0 Å². The summed E-state index contributed by atoms with van der Waals surface area (Å²) < 4.78 is 15.8. The molecule has 110 valence electrons. The Bertz CT molecular complexity index is 679. The Morgan fingerprint density at radius 3 is 2.90 bits per heavy atom. The summed E-state index contributed by atoms with van der Waals surface area (Å²) in [6.45, 7) is 0.487. The van der Waals surface area contributed by atoms with E-state index in [2.05, 4.69) is 4.98 Å². The zero-order valence-electron chi connectivity index (χ0n) is 11.8. The van der Waals surface area contributed by atoms with Crippen LogP contribution in [0.25, 0.3) is 6.08 Å². The summed E-state index contributed by atoms with van der Waals surface area (Å²) in [4.78, 5) is 16.7. The van der Waals surface area contributed by atoms with Gasteiger partial charge >= 0.3 is 5.97 Å². The van der Waals surface area contributed by atoms with Gasteiger partial charge in [-0.25, -0.2) is 14.2 Å². The van der Waals surface area contributed by atoms with Gasteiger partial charge in [0.05, 0.1) is 6.54 Å². The van der Waals surface area contributed by atoms with Gasteiger partial charge in [0.1, 0.15) is 11.6 Å². The highest BCUT2D eigenvalue weighted by atomic mass is 19.1. The second-order valence-corrected chi connectivity index (χ2v) is 4.65. The Hall–Kier alpha value is -2.63. The van der Waals surface area contributed by atoms with Crippen molar-refractivity contribution in [1.82, 2.24) is 9.55 Å². The van der Waals surface area contributed by atoms with Crippen molar-refractivity contribution in [3.05, 3.63) is 53.9 Å². The highest BCUT2D eigenvalue weighted by Gasteiger charge is 2.12. The topological polar surface area (TPSA) is 58.4 Å². The number of nitrogens with zero attached hydrogens (tertiary/aromatic N) is 3. The first-order valence-corrected chi connectivity index (χ1v) is 6.36. The summed E-state index contributed by atoms with van der Waals surface area (Å²) >= 11 is 0. The molecule has 2 aromatic rings. The molecule has 0 atom stereocenters. The van der Waals surface area contributed by atoms with Gasteiger partial charge in [-0.3, -0.25) is 0 Å². The predicted octanol–water partition coefficient (Wildman–Crippen LogP) is 2.29. The lowest BCUT2D eigenvalue weighted by Gasteiger charge is -2.21. The maximum absolute atomic E-state index is 13.9. The van der Waals surface area contributed by atoms with Crippen molar-refractivity contribution in [2.75, 3.05) is 11.9 Å². The molecular formula is C15H16FN3O2. The molecule has 0 saturated heterocycles. The number of aliphatic carboxylic acids is 1. The molecule has 0 bridgehead atoms. The third-order valence-corrected chi connectivity index (χ3v) is 3.13. The molecule has 0 aliphatic heterocycles. The smallest absolute Gasteiger partial charge is 0.328 e. The summed E-state index contributed by atoms with van der Waals surface area (Å²) in [6, 6.07) is 4.64. The Morgan fingerprint density at radius 2 is 2.29 bits per heavy atom. The summed E-state index contributed by atoms with van der Waals surface area (Å²) in [5, 5.41) is 8.70. The van der Waals surface area contributed by atoms with Gasteiger partial charge in [0.25, 0.3) is 0 Å². The molecule has 2 rings (SSSR count). The van der Waals surface area contributed by atoms with Crippen LogP contribution in [0, 0.1) is 5.82 Å². The maximum atomic E-state index is 13.9. The molecule has 0 unspecified atom stereocenters. The number of carboxylic acids is 1. The van der Waals surface area contributed by atoms with Gasteiger partial charge in [-0.15, -0.1) is 0 Å². The Kier molecular flexibility index (Phi) is 4.37. The molecule has 1 N–H and O–H groups in total. The number of benzene rings is 1. The number of hydrogen-bond acceptors (Lipinski definition) is 3. The van der Waals surface area contributed by atoms with E-state index in [0.717, 1.165) is 11.9 Å². The number of rotatable bonds is 5. The summed E-state index contributed by atoms with van der Waals surface area (Å²) in [5.74, 6) is -0.748. The molecular weight excluding hydrogens is 273 g/mol. The lowest BCUT2D eigenvalue weighted by atomic mass is 10.1. The van der Waals surface area contributed by atoms with E-state index in [1.165, 1.54) is 12.1 Å². The van der Waals surface area contributed by atoms with E-state index < -0.39 is 11.8 Å². The summed E-state index contributed by atoms with van der Waals surface area (Å²) in [6.07, 6.45) is 5.72. The SMILES string of the molecule is CN(Cc1nccn1C)c1cccc(F)c1/C=C/C(=O)O. The molecule has 0 spiro atoms. The molecule has 1 heterocycles. The number of aryl methyl sites for hydroxylation is 1. The molecule has 6 heteroatoms. The molecule has 0 radical (unpaired) electrons. The lowest BCUT2D eigenvalue weighted by Crippen LogP contribution is -2.20. The Morgan fingerprint density at radius 1 is 1.52 bits per heavy atom. The van der Waals surface area contributed by atoms with E-state index in [1.54, 1.807) is 18.3 Å². The standard InChI is InChI=1S/C15H16FN3O2/c1-18-9-8-17-14(18)10-19(2)13-5-3-4-12(16)11(13)6-7-15(20)21/h3-9H,10H2,1-2H3,(H,20,21)/b7-6+. The van der Waals surface area contributed by atoms with Crippen LogP contribution in [0.2, 0.25) is 0 Å². The molecule has 5 nitrogen and oxygen atoms in total. The number of carboxylic acid groups (broad SMARTS) is 1. The van der Waals surface area contributed by atoms with Crippen molar-refractivity contribution >= 4 is 17.7 Å². The maximum Gasteiger partial charge on any atom is 0.328 e. The minimum absolute atomic E-state index is 0.247. The van der Waals surface area contributed by atoms with Gasteiger partial charge in [0.2, 0.25) is 0 Å². The second kappa shape index (κ2) is 6.21. The van der Waals surface area contributed by atoms with E-state index >= 15 is 0 Å². The summed E-state index contributed by atoms with van der Waals surface area (Å²) in [7, 11) is 3.69. The van der Waals surface area contributed by atoms with E-state index in [9.17, 15) is 9.18 Å². The third-order valence-electron chi connectivity index (χ3n) is 3.13. The molecule has 1 aromatic heterocycles. The van der Waals surface area contributed by atoms with Crippen LogP contribution in [0.4, 0.5) is 10.1 Å². The number of aromatic nitrogens is 2. The molecule has 0 fully saturated rings. The second-order valence-electron chi connectivity index (χ2n) is 4.65. The van der Waals surface area contributed by atoms with Crippen molar-refractivity contribution < 1.29 is 14.3 Å². The first-order valence-electron chi connectivity index (χ1n) is 6.36. The predicted molar refractivity (Wildman–Crippen MR) is 78.4 cm³/mol. The van der Waals surface area contributed by atoms with Crippen molar-refractivity contribution in [3.8, 4) is 0 Å². The van der Waals surface area contributed by atoms with Crippen LogP contribution in [0.3, 0.4) is 0 Å². The third kappa shape index (κ3) is 3.47. The van der Waals surface area contributed by atoms with Crippen molar-refractivity contribution in [2.45, 2.75) is 6.54 Å². The van der Waals surface area contributed by atoms with E-state index in [-0.39, 0.29) is 5.56 Å². The lowest BCUT2D eigenvalue weighted by molar-refractivity contribution is -0.131. The number of anilines is 1. The van der Waals surface area contributed by atoms with Crippen LogP contribution in [0.15, 0.2) is 36.7 Å². The molecule has 0 aliphatic carbocycles. The molecule has 1 aromatic carbocycles. The van der Waals surface area contributed by atoms with E-state index in [4.69, 9.17) is 5.11 Å². The Labute approximate surface area is 122 Å². The van der Waals surface area contributed by atoms with E-state index in [0.29, 0.717) is 12.2 Å². The number of hydrogen-bond donors (Lipinski definition) is 1. The van der Waals surface area contributed by atoms with Crippen LogP contribution in [-0.2, 0) is 18.4 Å². The van der Waals surface area contributed by atoms with Gasteiger partial charge in [-0.2, -0.15) is 0 Å². The zero-order valence-corrected chi connectivity index (χ0v) is 11.8. The molecule has 0 saturated carbocycles. The minimum atomic E-state index is -1.11. The molecule has 21 heavy (non-hydrogen) atoms. The average Bonchev–Trinajstić information content (AvgIpc) is 2.82. The fourth-order valence-electron chi connectivity index (χ4n) is 2.02. The normalized spacial score (nSPS) is 11.0. The molecule has 0 aliphatic rings. The van der Waals surface area contributed by atoms with Gasteiger partial charge in [-0.1, -0.05) is 6.07 Å². The average molecular weight is 289 g/mol. The number of halogens is 1. The van der Waals surface area contributed by atoms with Gasteiger partial charge in [0.15, 0.2) is 0 Å². The van der Waals surface area contributed by atoms with Crippen LogP contribution in [0.1, 0.15) is 11.4 Å². The zero-order chi connectivity index (χ0) is 15.4. The van der Waals surface area contributed by atoms with Crippen molar-refractivity contribution in [2.24, 2.45) is 7.05 Å². The fourth-order valence-corrected chi connectivity index (χ4v) is 2.02. The van der Waals surface area contributed by atoms with Gasteiger partial charge in [0, 0.05) is 43.8 Å². The van der Waals surface area contributed by atoms with Crippen LogP contribution in [-0.4, -0.2) is 27.7 Å². The quantitative estimate of drug-likeness (QED) is 0.858.